The SMILES string of the molecule is CCC(CC(CC)OC(=O)CCCSC1C([N+](=O)[O-])=CC(I)=CC1(SC(F)(F)C(Cl)Cl)[N+](=O)[O-])OC(=O)CCCSC1C([N+](=O)[O-])=CC(I)=CC1(SC(F)(F)C(Cl)Cl)[N+](=O)[O-]. The van der Waals surface area contributed by atoms with Gasteiger partial charge in [0.05, 0.1) is 9.85 Å². The summed E-state index contributed by atoms with van der Waals surface area (Å²) in [5.41, 5.74) is -1.43. The van der Waals surface area contributed by atoms with E-state index < -0.39 is 119 Å². The van der Waals surface area contributed by atoms with Crippen molar-refractivity contribution in [2.24, 2.45) is 0 Å². The maximum Gasteiger partial charge on any atom is 0.330 e. The average molecular weight is 1250 g/mol. The predicted molar refractivity (Wildman–Crippen MR) is 246 cm³/mol. The highest BCUT2D eigenvalue weighted by Gasteiger charge is 2.65. The van der Waals surface area contributed by atoms with Gasteiger partial charge in [0.1, 0.15) is 12.2 Å². The van der Waals surface area contributed by atoms with Gasteiger partial charge in [0.2, 0.25) is 0 Å². The molecule has 344 valence electrons. The lowest BCUT2D eigenvalue weighted by molar-refractivity contribution is -0.530. The molecule has 0 saturated carbocycles. The van der Waals surface area contributed by atoms with E-state index in [1.807, 2.05) is 0 Å². The second-order valence-corrected chi connectivity index (χ2v) is 22.6. The van der Waals surface area contributed by atoms with Gasteiger partial charge in [0.25, 0.3) is 11.4 Å². The molecule has 0 radical (unpaired) electrons. The molecule has 30 heteroatoms. The number of hydrogen-bond donors (Lipinski definition) is 0. The molecule has 6 unspecified atom stereocenters. The van der Waals surface area contributed by atoms with Crippen LogP contribution in [0.25, 0.3) is 0 Å². The Hall–Kier alpha value is -0.760. The topological polar surface area (TPSA) is 225 Å². The number of rotatable bonds is 26. The summed E-state index contributed by atoms with van der Waals surface area (Å²) in [6, 6.07) is 0. The third-order valence-corrected chi connectivity index (χ3v) is 17.1. The summed E-state index contributed by atoms with van der Waals surface area (Å²) >= 11 is 24.8. The number of esters is 2. The fourth-order valence-electron chi connectivity index (χ4n) is 5.47. The lowest BCUT2D eigenvalue weighted by atomic mass is 10.1. The molecule has 16 nitrogen and oxygen atoms in total. The second kappa shape index (κ2) is 24.7. The van der Waals surface area contributed by atoms with Crippen LogP contribution in [0.2, 0.25) is 0 Å². The van der Waals surface area contributed by atoms with Crippen molar-refractivity contribution in [2.75, 3.05) is 11.5 Å². The van der Waals surface area contributed by atoms with E-state index in [9.17, 15) is 67.6 Å². The number of nitro groups is 4. The van der Waals surface area contributed by atoms with E-state index in [1.165, 1.54) is 45.2 Å². The molecular weight excluding hydrogens is 1220 g/mol. The first-order chi connectivity index (χ1) is 28.2. The van der Waals surface area contributed by atoms with E-state index in [0.717, 1.165) is 24.3 Å². The monoisotopic (exact) mass is 1250 g/mol. The average Bonchev–Trinajstić information content (AvgIpc) is 3.14. The van der Waals surface area contributed by atoms with Crippen LogP contribution in [0.1, 0.15) is 58.8 Å². The van der Waals surface area contributed by atoms with Crippen LogP contribution in [0.3, 0.4) is 0 Å². The molecule has 0 heterocycles. The predicted octanol–water partition coefficient (Wildman–Crippen LogP) is 11.0. The quantitative estimate of drug-likeness (QED) is 0.0115. The highest BCUT2D eigenvalue weighted by atomic mass is 127. The molecule has 0 bridgehead atoms. The molecule has 2 aliphatic rings. The Morgan fingerprint density at radius 3 is 1.31 bits per heavy atom. The number of nitrogens with zero attached hydrogens (tertiary/aromatic N) is 4. The van der Waals surface area contributed by atoms with E-state index >= 15 is 0 Å². The minimum atomic E-state index is -4.09. The largest absolute Gasteiger partial charge is 0.462 e. The van der Waals surface area contributed by atoms with Crippen LogP contribution in [0, 0.1) is 40.5 Å². The minimum absolute atomic E-state index is 0.0336. The molecule has 2 aliphatic carbocycles. The van der Waals surface area contributed by atoms with Gasteiger partial charge in [0.15, 0.2) is 20.2 Å². The maximum atomic E-state index is 14.7. The first-order valence-electron chi connectivity index (χ1n) is 17.3. The molecule has 0 aromatic carbocycles. The van der Waals surface area contributed by atoms with Crippen molar-refractivity contribution < 1.29 is 56.3 Å². The van der Waals surface area contributed by atoms with Gasteiger partial charge >= 0.3 is 32.2 Å². The van der Waals surface area contributed by atoms with Crippen molar-refractivity contribution in [1.82, 2.24) is 0 Å². The van der Waals surface area contributed by atoms with Crippen LogP contribution in [0.15, 0.2) is 42.9 Å². The fraction of sp³-hybridized carbons (Fsp3) is 0.677. The van der Waals surface area contributed by atoms with E-state index in [2.05, 4.69) is 0 Å². The van der Waals surface area contributed by atoms with Crippen LogP contribution in [-0.4, -0.2) is 95.8 Å². The number of hydrogen-bond acceptors (Lipinski definition) is 16. The standard InChI is InChI=1S/C31H34Cl4F4I2N4O12S4/c1-3-18(56-22(46)7-5-9-58-24-20(42(48)49)11-16(40)14-28(24,44(52)53)60-30(36,37)26(32)33)13-19(4-2)57-23(47)8-6-10-59-25-21(43(50)51)12-17(41)15-29(25,45(54)55)61-31(38,39)27(34)35/h11-12,14-15,18-19,24-27H,3-10,13H2,1-2H3. The Morgan fingerprint density at radius 1 is 0.721 bits per heavy atom. The molecule has 2 rings (SSSR count). The summed E-state index contributed by atoms with van der Waals surface area (Å²) < 4.78 is 69.8. The first-order valence-corrected chi connectivity index (χ1v) is 24.9. The smallest absolute Gasteiger partial charge is 0.330 e. The fourth-order valence-corrected chi connectivity index (χ4v) is 13.3. The normalized spacial score (nSPS) is 23.0. The molecule has 0 spiro atoms. The summed E-state index contributed by atoms with van der Waals surface area (Å²) in [6.45, 7) is 3.38. The van der Waals surface area contributed by atoms with Gasteiger partial charge in [-0.25, -0.2) is 0 Å². The summed E-state index contributed by atoms with van der Waals surface area (Å²) in [7, 11) is 0. The molecule has 6 atom stereocenters. The molecule has 0 aromatic rings. The number of carbonyl (C=O) groups is 2. The summed E-state index contributed by atoms with van der Waals surface area (Å²) in [5, 5.41) is 36.8. The zero-order valence-electron chi connectivity index (χ0n) is 31.2. The number of carbonyl (C=O) groups excluding carboxylic acids is 2. The zero-order chi connectivity index (χ0) is 46.7. The van der Waals surface area contributed by atoms with Crippen LogP contribution in [-0.2, 0) is 19.1 Å². The Bertz CT molecular complexity index is 1690. The number of ether oxygens (including phenoxy) is 2. The highest BCUT2D eigenvalue weighted by molar-refractivity contribution is 14.1. The summed E-state index contributed by atoms with van der Waals surface area (Å²) in [5.74, 6) is -1.72. The van der Waals surface area contributed by atoms with Crippen molar-refractivity contribution in [2.45, 2.75) is 111 Å². The van der Waals surface area contributed by atoms with Gasteiger partial charge in [-0.15, -0.1) is 23.5 Å². The molecule has 0 saturated heterocycles. The van der Waals surface area contributed by atoms with Gasteiger partial charge in [-0.3, -0.25) is 50.0 Å². The molecule has 0 fully saturated rings. The number of alkyl halides is 8. The number of halogens is 10. The zero-order valence-corrected chi connectivity index (χ0v) is 41.8. The van der Waals surface area contributed by atoms with Crippen LogP contribution in [0.5, 0.6) is 0 Å². The van der Waals surface area contributed by atoms with Gasteiger partial charge in [-0.1, -0.05) is 60.3 Å². The third-order valence-electron chi connectivity index (χ3n) is 8.30. The van der Waals surface area contributed by atoms with E-state index in [-0.39, 0.29) is 63.6 Å². The molecule has 0 aliphatic heterocycles. The Morgan fingerprint density at radius 2 is 1.05 bits per heavy atom. The van der Waals surface area contributed by atoms with Crippen molar-refractivity contribution >= 4 is 151 Å². The molecular formula is C31H34Cl4F4I2N4O12S4. The second-order valence-electron chi connectivity index (χ2n) is 12.6. The number of allylic oxidation sites excluding steroid dienone is 4. The summed E-state index contributed by atoms with van der Waals surface area (Å²) in [6.07, 6.45) is 2.23. The lowest BCUT2D eigenvalue weighted by Crippen LogP contribution is -2.50. The van der Waals surface area contributed by atoms with Crippen molar-refractivity contribution in [3.05, 3.63) is 83.3 Å². The van der Waals surface area contributed by atoms with Crippen molar-refractivity contribution in [1.29, 1.82) is 0 Å². The lowest BCUT2D eigenvalue weighted by Gasteiger charge is -2.33. The van der Waals surface area contributed by atoms with E-state index in [4.69, 9.17) is 55.9 Å². The maximum absolute atomic E-state index is 14.7. The summed E-state index contributed by atoms with van der Waals surface area (Å²) in [4.78, 5) is 59.8. The molecule has 0 amide bonds. The van der Waals surface area contributed by atoms with Gasteiger partial charge in [-0.2, -0.15) is 17.6 Å². The Balaban J connectivity index is 2.02. The van der Waals surface area contributed by atoms with Crippen LogP contribution < -0.4 is 0 Å². The van der Waals surface area contributed by atoms with Crippen LogP contribution in [0.4, 0.5) is 17.6 Å². The molecule has 0 aromatic heterocycles. The Kier molecular flexibility index (Phi) is 22.8. The van der Waals surface area contributed by atoms with Gasteiger partial charge in [-0.05, 0) is 82.4 Å². The first kappa shape index (κ1) is 56.4. The van der Waals surface area contributed by atoms with Gasteiger partial charge in [0, 0.05) is 84.1 Å². The Labute approximate surface area is 409 Å². The van der Waals surface area contributed by atoms with E-state index in [1.54, 1.807) is 13.8 Å². The van der Waals surface area contributed by atoms with Gasteiger partial charge < -0.3 is 9.47 Å². The van der Waals surface area contributed by atoms with Crippen molar-refractivity contribution in [3.8, 4) is 0 Å². The number of thioether (sulfide) groups is 4. The van der Waals surface area contributed by atoms with E-state index in [0.29, 0.717) is 23.5 Å². The highest BCUT2D eigenvalue weighted by Crippen LogP contribution is 2.55. The molecule has 0 N–H and O–H groups in total. The minimum Gasteiger partial charge on any atom is -0.462 e. The third kappa shape index (κ3) is 15.7. The van der Waals surface area contributed by atoms with Crippen LogP contribution >= 0.6 is 139 Å². The van der Waals surface area contributed by atoms with Crippen molar-refractivity contribution in [3.63, 3.8) is 0 Å². The molecule has 61 heavy (non-hydrogen) atoms.